The summed E-state index contributed by atoms with van der Waals surface area (Å²) < 4.78 is 0. The second-order valence-electron chi connectivity index (χ2n) is 8.03. The number of aromatic hydroxyl groups is 1. The first-order valence-corrected chi connectivity index (χ1v) is 10.8. The Hall–Kier alpha value is -2.29. The van der Waals surface area contributed by atoms with Crippen LogP contribution in [0, 0.1) is 18.3 Å². The fraction of sp³-hybridized carbons (Fsp3) is 0.435. The molecule has 2 aromatic rings. The van der Waals surface area contributed by atoms with Gasteiger partial charge in [-0.15, -0.1) is 6.42 Å². The third-order valence-corrected chi connectivity index (χ3v) is 6.72. The number of hydrogen-bond donors (Lipinski definition) is 2. The van der Waals surface area contributed by atoms with Crippen LogP contribution in [0.15, 0.2) is 35.0 Å². The molecule has 0 bridgehead atoms. The molecule has 1 aromatic heterocycles. The minimum atomic E-state index is -0.0613. The average Bonchev–Trinajstić information content (AvgIpc) is 3.32. The highest BCUT2D eigenvalue weighted by Crippen LogP contribution is 2.38. The molecule has 1 aromatic carbocycles. The summed E-state index contributed by atoms with van der Waals surface area (Å²) in [6, 6.07) is 7.54. The molecule has 1 fully saturated rings. The molecular weight excluding hydrogens is 368 g/mol. The fourth-order valence-corrected chi connectivity index (χ4v) is 4.98. The first-order chi connectivity index (χ1) is 13.6. The average molecular weight is 395 g/mol. The highest BCUT2D eigenvalue weighted by Gasteiger charge is 2.40. The van der Waals surface area contributed by atoms with E-state index in [1.807, 2.05) is 29.0 Å². The number of nitrogens with zero attached hydrogens (tertiary/aromatic N) is 1. The lowest BCUT2D eigenvalue weighted by molar-refractivity contribution is 0.0862. The Kier molecular flexibility index (Phi) is 5.43. The van der Waals surface area contributed by atoms with Gasteiger partial charge in [0.25, 0.3) is 5.91 Å². The number of amides is 1. The van der Waals surface area contributed by atoms with Crippen molar-refractivity contribution in [3.63, 3.8) is 0 Å². The third-order valence-electron chi connectivity index (χ3n) is 6.04. The van der Waals surface area contributed by atoms with Crippen LogP contribution in [-0.4, -0.2) is 41.1 Å². The molecule has 2 N–H and O–H groups in total. The van der Waals surface area contributed by atoms with E-state index in [4.69, 9.17) is 6.42 Å². The van der Waals surface area contributed by atoms with Gasteiger partial charge in [0.15, 0.2) is 0 Å². The van der Waals surface area contributed by atoms with Crippen molar-refractivity contribution >= 4 is 17.2 Å². The maximum Gasteiger partial charge on any atom is 0.252 e. The van der Waals surface area contributed by atoms with Gasteiger partial charge < -0.3 is 10.4 Å². The smallest absolute Gasteiger partial charge is 0.252 e. The van der Waals surface area contributed by atoms with Gasteiger partial charge in [-0.2, -0.15) is 11.3 Å². The van der Waals surface area contributed by atoms with Crippen molar-refractivity contribution in [2.75, 3.05) is 13.1 Å². The molecule has 1 amide bonds. The first-order valence-electron chi connectivity index (χ1n) is 9.89. The van der Waals surface area contributed by atoms with Crippen molar-refractivity contribution in [1.29, 1.82) is 0 Å². The van der Waals surface area contributed by atoms with E-state index >= 15 is 0 Å². The Morgan fingerprint density at radius 3 is 2.89 bits per heavy atom. The van der Waals surface area contributed by atoms with Gasteiger partial charge in [-0.25, -0.2) is 0 Å². The largest absolute Gasteiger partial charge is 0.508 e. The number of carbonyl (C=O) groups excluding carboxylic acids is 1. The monoisotopic (exact) mass is 394 g/mol. The van der Waals surface area contributed by atoms with Crippen LogP contribution < -0.4 is 5.32 Å². The molecule has 0 saturated heterocycles. The number of rotatable bonds is 6. The molecule has 2 aliphatic carbocycles. The van der Waals surface area contributed by atoms with Crippen LogP contribution in [0.25, 0.3) is 0 Å². The van der Waals surface area contributed by atoms with Crippen LogP contribution in [0.4, 0.5) is 0 Å². The maximum absolute atomic E-state index is 12.8. The summed E-state index contributed by atoms with van der Waals surface area (Å²) in [5.41, 5.74) is 3.04. The second-order valence-corrected chi connectivity index (χ2v) is 8.81. The summed E-state index contributed by atoms with van der Waals surface area (Å²) >= 11 is 1.52. The van der Waals surface area contributed by atoms with Gasteiger partial charge in [-0.1, -0.05) is 18.9 Å². The van der Waals surface area contributed by atoms with E-state index in [0.29, 0.717) is 12.1 Å². The molecule has 0 aliphatic heterocycles. The summed E-state index contributed by atoms with van der Waals surface area (Å²) in [4.78, 5) is 15.2. The lowest BCUT2D eigenvalue weighted by atomic mass is 9.76. The predicted octanol–water partition coefficient (Wildman–Crippen LogP) is 3.63. The molecule has 4 rings (SSSR count). The molecule has 3 atom stereocenters. The van der Waals surface area contributed by atoms with E-state index in [1.165, 1.54) is 29.7 Å². The van der Waals surface area contributed by atoms with Crippen molar-refractivity contribution in [1.82, 2.24) is 10.2 Å². The van der Waals surface area contributed by atoms with E-state index in [-0.39, 0.29) is 29.7 Å². The molecule has 1 heterocycles. The minimum absolute atomic E-state index is 0.0428. The van der Waals surface area contributed by atoms with Gasteiger partial charge in [-0.3, -0.25) is 9.69 Å². The Labute approximate surface area is 170 Å². The van der Waals surface area contributed by atoms with Crippen LogP contribution in [0.2, 0.25) is 0 Å². The van der Waals surface area contributed by atoms with Crippen molar-refractivity contribution in [2.24, 2.45) is 5.92 Å². The molecule has 0 radical (unpaired) electrons. The number of benzene rings is 1. The van der Waals surface area contributed by atoms with E-state index in [0.717, 1.165) is 24.4 Å². The van der Waals surface area contributed by atoms with Gasteiger partial charge in [0.05, 0.1) is 12.6 Å². The second kappa shape index (κ2) is 7.98. The zero-order valence-corrected chi connectivity index (χ0v) is 16.9. The highest BCUT2D eigenvalue weighted by atomic mass is 32.1. The predicted molar refractivity (Wildman–Crippen MR) is 113 cm³/mol. The quantitative estimate of drug-likeness (QED) is 0.736. The van der Waals surface area contributed by atoms with Gasteiger partial charge in [-0.05, 0) is 59.9 Å². The first kappa shape index (κ1) is 19.0. The van der Waals surface area contributed by atoms with Gasteiger partial charge >= 0.3 is 0 Å². The minimum Gasteiger partial charge on any atom is -0.508 e. The zero-order valence-electron chi connectivity index (χ0n) is 16.1. The Morgan fingerprint density at radius 1 is 1.39 bits per heavy atom. The third kappa shape index (κ3) is 3.94. The van der Waals surface area contributed by atoms with Crippen molar-refractivity contribution in [3.05, 3.63) is 51.7 Å². The molecular formula is C23H26N2O2S. The van der Waals surface area contributed by atoms with Crippen molar-refractivity contribution in [2.45, 2.75) is 44.2 Å². The van der Waals surface area contributed by atoms with Crippen LogP contribution in [-0.2, 0) is 6.42 Å². The number of nitrogens with one attached hydrogen (secondary N) is 1. The standard InChI is InChI=1S/C23H26N2O2S/c1-3-9-25(13-16-4-5-16)21-11-17-6-7-19(26)12-20(17)15(2)22(21)24-23(27)18-8-10-28-14-18/h1,6-8,10,12,14-16,21-22,26H,4-5,9,11,13H2,2H3,(H,24,27)/t15-,21-,22+/m1/s1. The highest BCUT2D eigenvalue weighted by molar-refractivity contribution is 7.08. The lowest BCUT2D eigenvalue weighted by Crippen LogP contribution is -2.57. The zero-order chi connectivity index (χ0) is 19.7. The topological polar surface area (TPSA) is 52.6 Å². The molecule has 146 valence electrons. The summed E-state index contributed by atoms with van der Waals surface area (Å²) in [5.74, 6) is 3.86. The molecule has 0 unspecified atom stereocenters. The number of terminal acetylenes is 1. The number of hydrogen-bond acceptors (Lipinski definition) is 4. The van der Waals surface area contributed by atoms with E-state index < -0.39 is 0 Å². The molecule has 2 aliphatic rings. The Bertz CT molecular complexity index is 883. The summed E-state index contributed by atoms with van der Waals surface area (Å²) in [5, 5.41) is 17.1. The number of phenols is 1. The summed E-state index contributed by atoms with van der Waals surface area (Å²) in [6.45, 7) is 3.71. The Balaban J connectivity index is 1.66. The normalized spacial score (nSPS) is 23.8. The number of carbonyl (C=O) groups is 1. The Morgan fingerprint density at radius 2 is 2.21 bits per heavy atom. The van der Waals surface area contributed by atoms with Gasteiger partial charge in [0.1, 0.15) is 5.75 Å². The van der Waals surface area contributed by atoms with E-state index in [9.17, 15) is 9.90 Å². The molecule has 1 saturated carbocycles. The maximum atomic E-state index is 12.8. The van der Waals surface area contributed by atoms with Crippen LogP contribution >= 0.6 is 11.3 Å². The van der Waals surface area contributed by atoms with Crippen molar-refractivity contribution in [3.8, 4) is 18.1 Å². The fourth-order valence-electron chi connectivity index (χ4n) is 4.34. The van der Waals surface area contributed by atoms with Crippen molar-refractivity contribution < 1.29 is 9.90 Å². The molecule has 4 nitrogen and oxygen atoms in total. The molecule has 28 heavy (non-hydrogen) atoms. The molecule has 5 heteroatoms. The van der Waals surface area contributed by atoms with E-state index in [1.54, 1.807) is 6.07 Å². The van der Waals surface area contributed by atoms with Crippen LogP contribution in [0.1, 0.15) is 47.2 Å². The number of fused-ring (bicyclic) bond motifs is 1. The van der Waals surface area contributed by atoms with Gasteiger partial charge in [0.2, 0.25) is 0 Å². The number of phenolic OH excluding ortho intramolecular Hbond substituents is 1. The van der Waals surface area contributed by atoms with Crippen LogP contribution in [0.3, 0.4) is 0 Å². The number of thiophene rings is 1. The molecule has 0 spiro atoms. The summed E-state index contributed by atoms with van der Waals surface area (Å²) in [6.07, 6.45) is 9.04. The van der Waals surface area contributed by atoms with E-state index in [2.05, 4.69) is 23.1 Å². The van der Waals surface area contributed by atoms with Gasteiger partial charge in [0, 0.05) is 29.4 Å². The SMILES string of the molecule is C#CCN(CC1CC1)[C@@H]1Cc2ccc(O)cc2[C@@H](C)[C@@H]1NC(=O)c1ccsc1. The van der Waals surface area contributed by atoms with Crippen LogP contribution in [0.5, 0.6) is 5.75 Å². The lowest BCUT2D eigenvalue weighted by Gasteiger charge is -2.44. The summed E-state index contributed by atoms with van der Waals surface area (Å²) in [7, 11) is 0.